The van der Waals surface area contributed by atoms with Crippen molar-refractivity contribution in [2.75, 3.05) is 0 Å². The number of hydrogen-bond acceptors (Lipinski definition) is 2. The van der Waals surface area contributed by atoms with Crippen molar-refractivity contribution < 1.29 is 14.7 Å². The van der Waals surface area contributed by atoms with E-state index < -0.39 is 5.97 Å². The molecule has 1 unspecified atom stereocenters. The third kappa shape index (κ3) is 3.83. The molecule has 1 atom stereocenters. The molecular weight excluding hydrogens is 260 g/mol. The van der Waals surface area contributed by atoms with Crippen LogP contribution in [0.3, 0.4) is 0 Å². The van der Waals surface area contributed by atoms with Crippen molar-refractivity contribution in [2.45, 2.75) is 17.7 Å². The molecule has 0 aromatic heterocycles. The van der Waals surface area contributed by atoms with Crippen LogP contribution in [0.15, 0.2) is 24.3 Å². The van der Waals surface area contributed by atoms with Crippen LogP contribution in [0.4, 0.5) is 0 Å². The monoisotopic (exact) mass is 270 g/mol. The number of rotatable bonds is 5. The third-order valence-corrected chi connectivity index (χ3v) is 2.73. The number of benzene rings is 1. The van der Waals surface area contributed by atoms with E-state index in [2.05, 4.69) is 15.9 Å². The number of aromatic carboxylic acids is 1. The summed E-state index contributed by atoms with van der Waals surface area (Å²) in [5, 5.41) is 8.68. The number of aldehydes is 1. The second kappa shape index (κ2) is 5.66. The molecule has 0 aliphatic heterocycles. The Kier molecular flexibility index (Phi) is 4.49. The molecule has 0 saturated heterocycles. The molecule has 0 saturated carbocycles. The van der Waals surface area contributed by atoms with Crippen molar-refractivity contribution >= 4 is 28.2 Å². The molecule has 3 nitrogen and oxygen atoms in total. The summed E-state index contributed by atoms with van der Waals surface area (Å²) in [6, 6.07) is 6.69. The van der Waals surface area contributed by atoms with Gasteiger partial charge in [0.15, 0.2) is 0 Å². The van der Waals surface area contributed by atoms with Crippen LogP contribution in [0.2, 0.25) is 0 Å². The topological polar surface area (TPSA) is 54.4 Å². The lowest BCUT2D eigenvalue weighted by molar-refractivity contribution is -0.107. The summed E-state index contributed by atoms with van der Waals surface area (Å²) >= 11 is 3.21. The van der Waals surface area contributed by atoms with Crippen molar-refractivity contribution in [3.8, 4) is 0 Å². The Morgan fingerprint density at radius 3 is 2.47 bits per heavy atom. The molecular formula is C11H11BrO3. The van der Waals surface area contributed by atoms with Gasteiger partial charge in [-0.15, -0.1) is 0 Å². The highest BCUT2D eigenvalue weighted by Crippen LogP contribution is 2.10. The average molecular weight is 271 g/mol. The molecule has 1 rings (SSSR count). The van der Waals surface area contributed by atoms with E-state index in [-0.39, 0.29) is 10.4 Å². The van der Waals surface area contributed by atoms with Gasteiger partial charge < -0.3 is 9.90 Å². The maximum Gasteiger partial charge on any atom is 0.335 e. The summed E-state index contributed by atoms with van der Waals surface area (Å²) < 4.78 is 0. The highest BCUT2D eigenvalue weighted by Gasteiger charge is 2.04. The van der Waals surface area contributed by atoms with Gasteiger partial charge in [-0.05, 0) is 30.5 Å². The lowest BCUT2D eigenvalue weighted by Crippen LogP contribution is -2.01. The Labute approximate surface area is 96.2 Å². The second-order valence-electron chi connectivity index (χ2n) is 3.19. The predicted octanol–water partition coefficient (Wildman–Crippen LogP) is 2.28. The number of halogens is 1. The number of alkyl halides is 1. The fourth-order valence-corrected chi connectivity index (χ4v) is 1.42. The van der Waals surface area contributed by atoms with E-state index in [1.165, 1.54) is 0 Å². The van der Waals surface area contributed by atoms with Gasteiger partial charge in [0.25, 0.3) is 0 Å². The first-order chi connectivity index (χ1) is 7.13. The third-order valence-electron chi connectivity index (χ3n) is 2.06. The van der Waals surface area contributed by atoms with Gasteiger partial charge in [-0.25, -0.2) is 4.79 Å². The first kappa shape index (κ1) is 11.9. The lowest BCUT2D eigenvalue weighted by Gasteiger charge is -2.02. The van der Waals surface area contributed by atoms with E-state index in [1.807, 2.05) is 0 Å². The predicted molar refractivity (Wildman–Crippen MR) is 60.5 cm³/mol. The fourth-order valence-electron chi connectivity index (χ4n) is 1.19. The Morgan fingerprint density at radius 1 is 1.40 bits per heavy atom. The number of aryl methyl sites for hydroxylation is 1. The number of carbonyl (C=O) groups excluding carboxylic acids is 1. The smallest absolute Gasteiger partial charge is 0.335 e. The summed E-state index contributed by atoms with van der Waals surface area (Å²) in [7, 11) is 0. The van der Waals surface area contributed by atoms with Gasteiger partial charge in [-0.3, -0.25) is 0 Å². The van der Waals surface area contributed by atoms with Gasteiger partial charge >= 0.3 is 5.97 Å². The molecule has 1 N–H and O–H groups in total. The zero-order chi connectivity index (χ0) is 11.3. The van der Waals surface area contributed by atoms with E-state index >= 15 is 0 Å². The number of carbonyl (C=O) groups is 2. The van der Waals surface area contributed by atoms with Crippen molar-refractivity contribution in [3.05, 3.63) is 35.4 Å². The van der Waals surface area contributed by atoms with Crippen LogP contribution in [0.1, 0.15) is 22.3 Å². The van der Waals surface area contributed by atoms with Gasteiger partial charge in [0, 0.05) is 0 Å². The van der Waals surface area contributed by atoms with Gasteiger partial charge in [-0.1, -0.05) is 28.1 Å². The van der Waals surface area contributed by atoms with Crippen LogP contribution in [-0.4, -0.2) is 22.2 Å². The minimum atomic E-state index is -0.923. The second-order valence-corrected chi connectivity index (χ2v) is 4.37. The molecule has 0 heterocycles. The van der Waals surface area contributed by atoms with Gasteiger partial charge in [0.1, 0.15) is 6.29 Å². The maximum atomic E-state index is 10.6. The van der Waals surface area contributed by atoms with Crippen LogP contribution in [0.25, 0.3) is 0 Å². The fraction of sp³-hybridized carbons (Fsp3) is 0.273. The van der Waals surface area contributed by atoms with Crippen LogP contribution < -0.4 is 0 Å². The molecule has 80 valence electrons. The van der Waals surface area contributed by atoms with Crippen molar-refractivity contribution in [1.29, 1.82) is 0 Å². The first-order valence-electron chi connectivity index (χ1n) is 4.55. The largest absolute Gasteiger partial charge is 0.478 e. The van der Waals surface area contributed by atoms with Crippen molar-refractivity contribution in [1.82, 2.24) is 0 Å². The minimum absolute atomic E-state index is 0.128. The number of carboxylic acid groups (broad SMARTS) is 1. The molecule has 1 aromatic rings. The SMILES string of the molecule is O=CC(Br)CCc1ccc(C(=O)O)cc1. The molecule has 0 spiro atoms. The van der Waals surface area contributed by atoms with E-state index in [4.69, 9.17) is 5.11 Å². The zero-order valence-corrected chi connectivity index (χ0v) is 9.61. The summed E-state index contributed by atoms with van der Waals surface area (Å²) in [5.74, 6) is -0.923. The number of carboxylic acids is 1. The molecule has 0 fully saturated rings. The first-order valence-corrected chi connectivity index (χ1v) is 5.46. The normalized spacial score (nSPS) is 12.1. The van der Waals surface area contributed by atoms with E-state index in [1.54, 1.807) is 24.3 Å². The molecule has 0 amide bonds. The van der Waals surface area contributed by atoms with Crippen LogP contribution in [-0.2, 0) is 11.2 Å². The Balaban J connectivity index is 2.57. The Morgan fingerprint density at radius 2 is 2.00 bits per heavy atom. The molecule has 15 heavy (non-hydrogen) atoms. The molecule has 0 bridgehead atoms. The van der Waals surface area contributed by atoms with Crippen LogP contribution in [0, 0.1) is 0 Å². The standard InChI is InChI=1S/C11H11BrO3/c12-10(7-13)6-3-8-1-4-9(5-2-8)11(14)15/h1-2,4-5,7,10H,3,6H2,(H,14,15). The zero-order valence-electron chi connectivity index (χ0n) is 8.02. The lowest BCUT2D eigenvalue weighted by atomic mass is 10.1. The number of hydrogen-bond donors (Lipinski definition) is 1. The van der Waals surface area contributed by atoms with Crippen molar-refractivity contribution in [2.24, 2.45) is 0 Å². The summed E-state index contributed by atoms with van der Waals surface area (Å²) in [6.45, 7) is 0. The highest BCUT2D eigenvalue weighted by atomic mass is 79.9. The molecule has 0 aliphatic rings. The summed E-state index contributed by atoms with van der Waals surface area (Å²) in [6.07, 6.45) is 2.33. The van der Waals surface area contributed by atoms with Gasteiger partial charge in [-0.2, -0.15) is 0 Å². The summed E-state index contributed by atoms with van der Waals surface area (Å²) in [4.78, 5) is 20.8. The Bertz CT molecular complexity index is 345. The average Bonchev–Trinajstić information content (AvgIpc) is 2.26. The summed E-state index contributed by atoms with van der Waals surface area (Å²) in [5.41, 5.74) is 1.32. The van der Waals surface area contributed by atoms with Gasteiger partial charge in [0.2, 0.25) is 0 Å². The van der Waals surface area contributed by atoms with Gasteiger partial charge in [0.05, 0.1) is 10.4 Å². The van der Waals surface area contributed by atoms with Crippen molar-refractivity contribution in [3.63, 3.8) is 0 Å². The van der Waals surface area contributed by atoms with E-state index in [0.29, 0.717) is 0 Å². The quantitative estimate of drug-likeness (QED) is 0.660. The van der Waals surface area contributed by atoms with E-state index in [0.717, 1.165) is 24.7 Å². The minimum Gasteiger partial charge on any atom is -0.478 e. The van der Waals surface area contributed by atoms with Crippen LogP contribution in [0.5, 0.6) is 0 Å². The Hall–Kier alpha value is -1.16. The molecule has 1 aromatic carbocycles. The molecule has 0 aliphatic carbocycles. The van der Waals surface area contributed by atoms with E-state index in [9.17, 15) is 9.59 Å². The molecule has 4 heteroatoms. The maximum absolute atomic E-state index is 10.6. The highest BCUT2D eigenvalue weighted by molar-refractivity contribution is 9.09. The molecule has 0 radical (unpaired) electrons. The van der Waals surface area contributed by atoms with Crippen LogP contribution >= 0.6 is 15.9 Å².